The Bertz CT molecular complexity index is 438. The van der Waals surface area contributed by atoms with E-state index in [1.54, 1.807) is 18.6 Å². The number of anilines is 1. The summed E-state index contributed by atoms with van der Waals surface area (Å²) < 4.78 is 0. The number of H-pyrrole nitrogens is 1. The lowest BCUT2D eigenvalue weighted by Gasteiger charge is -2.13. The number of hydrogen-bond donors (Lipinski definition) is 4. The number of pyridine rings is 1. The van der Waals surface area contributed by atoms with E-state index in [0.717, 1.165) is 11.4 Å². The van der Waals surface area contributed by atoms with Crippen molar-refractivity contribution in [2.45, 2.75) is 12.5 Å². The molecule has 0 aliphatic carbocycles. The van der Waals surface area contributed by atoms with Gasteiger partial charge in [0.2, 0.25) is 0 Å². The Morgan fingerprint density at radius 1 is 1.38 bits per heavy atom. The van der Waals surface area contributed by atoms with Crippen LogP contribution in [0.1, 0.15) is 17.4 Å². The van der Waals surface area contributed by atoms with E-state index in [9.17, 15) is 0 Å². The van der Waals surface area contributed by atoms with Crippen molar-refractivity contribution in [1.82, 2.24) is 20.4 Å². The van der Waals surface area contributed by atoms with E-state index >= 15 is 0 Å². The van der Waals surface area contributed by atoms with Crippen LogP contribution < -0.4 is 17.0 Å². The van der Waals surface area contributed by atoms with Gasteiger partial charge in [-0.05, 0) is 24.1 Å². The van der Waals surface area contributed by atoms with E-state index < -0.39 is 0 Å². The Kier molecular flexibility index (Phi) is 3.13. The summed E-state index contributed by atoms with van der Waals surface area (Å²) >= 11 is 0. The number of nitrogens with zero attached hydrogens (tertiary/aromatic N) is 2. The number of rotatable bonds is 4. The summed E-state index contributed by atoms with van der Waals surface area (Å²) in [5.41, 5.74) is 9.39. The van der Waals surface area contributed by atoms with Crippen LogP contribution in [0.15, 0.2) is 30.7 Å². The highest BCUT2D eigenvalue weighted by Crippen LogP contribution is 2.14. The van der Waals surface area contributed by atoms with E-state index in [0.29, 0.717) is 12.2 Å². The van der Waals surface area contributed by atoms with Crippen molar-refractivity contribution in [3.8, 4) is 0 Å². The Balaban J connectivity index is 2.13. The Morgan fingerprint density at radius 3 is 2.88 bits per heavy atom. The second-order valence-electron chi connectivity index (χ2n) is 3.49. The molecule has 2 rings (SSSR count). The monoisotopic (exact) mass is 218 g/mol. The van der Waals surface area contributed by atoms with E-state index in [1.807, 2.05) is 12.1 Å². The summed E-state index contributed by atoms with van der Waals surface area (Å²) in [5, 5.41) is 0. The highest BCUT2D eigenvalue weighted by molar-refractivity contribution is 5.32. The molecule has 6 heteroatoms. The number of nitrogens with one attached hydrogen (secondary N) is 2. The molecule has 0 bridgehead atoms. The molecule has 0 saturated carbocycles. The second kappa shape index (κ2) is 4.73. The van der Waals surface area contributed by atoms with E-state index in [2.05, 4.69) is 20.4 Å². The van der Waals surface area contributed by atoms with Crippen LogP contribution in [-0.2, 0) is 6.42 Å². The number of nitrogens with two attached hydrogens (primary N) is 2. The van der Waals surface area contributed by atoms with Crippen molar-refractivity contribution in [1.29, 1.82) is 0 Å². The molecule has 0 radical (unpaired) electrons. The summed E-state index contributed by atoms with van der Waals surface area (Å²) in [6.45, 7) is 0. The molecular weight excluding hydrogens is 204 g/mol. The number of hydrazine groups is 1. The van der Waals surface area contributed by atoms with Crippen LogP contribution in [0.3, 0.4) is 0 Å². The lowest BCUT2D eigenvalue weighted by Crippen LogP contribution is -2.30. The van der Waals surface area contributed by atoms with Gasteiger partial charge in [-0.3, -0.25) is 5.84 Å². The van der Waals surface area contributed by atoms with Crippen molar-refractivity contribution < 1.29 is 0 Å². The topological polar surface area (TPSA) is 106 Å². The van der Waals surface area contributed by atoms with Crippen molar-refractivity contribution in [3.05, 3.63) is 42.1 Å². The van der Waals surface area contributed by atoms with Crippen LogP contribution >= 0.6 is 0 Å². The van der Waals surface area contributed by atoms with Gasteiger partial charge < -0.3 is 10.7 Å². The van der Waals surface area contributed by atoms with Crippen molar-refractivity contribution in [2.24, 2.45) is 5.84 Å². The van der Waals surface area contributed by atoms with Crippen LogP contribution in [0.25, 0.3) is 0 Å². The molecule has 16 heavy (non-hydrogen) atoms. The minimum Gasteiger partial charge on any atom is -0.384 e. The highest BCUT2D eigenvalue weighted by Gasteiger charge is 2.12. The average Bonchev–Trinajstić information content (AvgIpc) is 2.79. The molecule has 1 unspecified atom stereocenters. The molecular formula is C10H14N6. The second-order valence-corrected chi connectivity index (χ2v) is 3.49. The molecule has 0 aromatic carbocycles. The minimum atomic E-state index is -0.0585. The van der Waals surface area contributed by atoms with Gasteiger partial charge in [-0.15, -0.1) is 0 Å². The summed E-state index contributed by atoms with van der Waals surface area (Å²) in [5.74, 6) is 6.80. The molecule has 0 fully saturated rings. The minimum absolute atomic E-state index is 0.0585. The summed E-state index contributed by atoms with van der Waals surface area (Å²) in [6, 6.07) is 3.67. The van der Waals surface area contributed by atoms with E-state index in [1.165, 1.54) is 0 Å². The van der Waals surface area contributed by atoms with Gasteiger partial charge in [-0.1, -0.05) is 0 Å². The molecule has 84 valence electrons. The zero-order valence-corrected chi connectivity index (χ0v) is 8.72. The fraction of sp³-hybridized carbons (Fsp3) is 0.200. The molecule has 0 amide bonds. The van der Waals surface area contributed by atoms with Gasteiger partial charge in [0.15, 0.2) is 0 Å². The number of aromatic nitrogens is 3. The molecule has 2 aromatic heterocycles. The van der Waals surface area contributed by atoms with Crippen LogP contribution in [0.5, 0.6) is 0 Å². The smallest absolute Gasteiger partial charge is 0.124 e. The van der Waals surface area contributed by atoms with Gasteiger partial charge in [0.25, 0.3) is 0 Å². The van der Waals surface area contributed by atoms with Crippen LogP contribution in [0.4, 0.5) is 5.82 Å². The molecule has 2 aromatic rings. The third-order valence-corrected chi connectivity index (χ3v) is 2.34. The quantitative estimate of drug-likeness (QED) is 0.431. The number of aromatic amines is 1. The van der Waals surface area contributed by atoms with Crippen LogP contribution in [0, 0.1) is 0 Å². The lowest BCUT2D eigenvalue weighted by molar-refractivity contribution is 0.527. The van der Waals surface area contributed by atoms with Gasteiger partial charge in [0.1, 0.15) is 11.6 Å². The zero-order valence-electron chi connectivity index (χ0n) is 8.72. The number of nitrogen functional groups attached to an aromatic ring is 1. The number of hydrogen-bond acceptors (Lipinski definition) is 5. The molecule has 0 aliphatic rings. The SMILES string of the molecule is NNC(Cc1ccnc(N)c1)c1ncc[nH]1. The predicted octanol–water partition coefficient (Wildman–Crippen LogP) is 0.134. The first-order valence-electron chi connectivity index (χ1n) is 4.95. The largest absolute Gasteiger partial charge is 0.384 e. The van der Waals surface area contributed by atoms with Gasteiger partial charge in [0, 0.05) is 18.6 Å². The molecule has 6 nitrogen and oxygen atoms in total. The summed E-state index contributed by atoms with van der Waals surface area (Å²) in [6.07, 6.45) is 5.85. The molecule has 0 spiro atoms. The molecule has 2 heterocycles. The Hall–Kier alpha value is -1.92. The zero-order chi connectivity index (χ0) is 11.4. The third-order valence-electron chi connectivity index (χ3n) is 2.34. The molecule has 6 N–H and O–H groups in total. The van der Waals surface area contributed by atoms with Gasteiger partial charge >= 0.3 is 0 Å². The van der Waals surface area contributed by atoms with Gasteiger partial charge in [0.05, 0.1) is 6.04 Å². The average molecular weight is 218 g/mol. The molecule has 1 atom stereocenters. The third kappa shape index (κ3) is 2.36. The maximum Gasteiger partial charge on any atom is 0.124 e. The number of imidazole rings is 1. The maximum absolute atomic E-state index is 5.61. The van der Waals surface area contributed by atoms with Crippen molar-refractivity contribution >= 4 is 5.82 Å². The van der Waals surface area contributed by atoms with Crippen LogP contribution in [0.2, 0.25) is 0 Å². The Labute approximate surface area is 93.1 Å². The summed E-state index contributed by atoms with van der Waals surface area (Å²) in [7, 11) is 0. The van der Waals surface area contributed by atoms with Crippen LogP contribution in [-0.4, -0.2) is 15.0 Å². The van der Waals surface area contributed by atoms with E-state index in [4.69, 9.17) is 11.6 Å². The lowest BCUT2D eigenvalue weighted by atomic mass is 10.1. The van der Waals surface area contributed by atoms with Gasteiger partial charge in [-0.2, -0.15) is 0 Å². The van der Waals surface area contributed by atoms with Gasteiger partial charge in [-0.25, -0.2) is 15.4 Å². The first kappa shape index (κ1) is 10.6. The standard InChI is InChI=1S/C10H14N6/c11-9-6-7(1-2-13-9)5-8(16-12)10-14-3-4-15-10/h1-4,6,8,16H,5,12H2,(H2,11,13)(H,14,15). The first-order valence-corrected chi connectivity index (χ1v) is 4.95. The fourth-order valence-electron chi connectivity index (χ4n) is 1.56. The Morgan fingerprint density at radius 2 is 2.25 bits per heavy atom. The molecule has 0 saturated heterocycles. The normalized spacial score (nSPS) is 12.6. The van der Waals surface area contributed by atoms with Crippen molar-refractivity contribution in [2.75, 3.05) is 5.73 Å². The highest BCUT2D eigenvalue weighted by atomic mass is 15.2. The predicted molar refractivity (Wildman–Crippen MR) is 61.0 cm³/mol. The summed E-state index contributed by atoms with van der Waals surface area (Å²) in [4.78, 5) is 11.1. The fourth-order valence-corrected chi connectivity index (χ4v) is 1.56. The van der Waals surface area contributed by atoms with E-state index in [-0.39, 0.29) is 6.04 Å². The maximum atomic E-state index is 5.61. The van der Waals surface area contributed by atoms with Crippen molar-refractivity contribution in [3.63, 3.8) is 0 Å². The molecule has 0 aliphatic heterocycles. The first-order chi connectivity index (χ1) is 7.79.